The summed E-state index contributed by atoms with van der Waals surface area (Å²) in [6.45, 7) is -4.75. The van der Waals surface area contributed by atoms with E-state index in [0.29, 0.717) is 0 Å². The van der Waals surface area contributed by atoms with Crippen LogP contribution in [0.15, 0.2) is 23.5 Å². The first kappa shape index (κ1) is 15.1. The third kappa shape index (κ3) is 4.21. The number of hydrogen-bond acceptors (Lipinski definition) is 9. The van der Waals surface area contributed by atoms with Gasteiger partial charge < -0.3 is 44.8 Å². The summed E-state index contributed by atoms with van der Waals surface area (Å²) in [5.74, 6) is -1.16. The van der Waals surface area contributed by atoms with E-state index in [1.54, 1.807) is 0 Å². The lowest BCUT2D eigenvalue weighted by Gasteiger charge is -2.42. The van der Waals surface area contributed by atoms with Gasteiger partial charge >= 0.3 is 0 Å². The molecule has 25 heavy (non-hydrogen) atoms. The van der Waals surface area contributed by atoms with Crippen LogP contribution in [0.25, 0.3) is 0 Å². The number of ether oxygens (including phenoxy) is 3. The summed E-state index contributed by atoms with van der Waals surface area (Å²) in [4.78, 5) is 0. The Morgan fingerprint density at radius 3 is 2.48 bits per heavy atom. The van der Waals surface area contributed by atoms with Crippen LogP contribution in [0, 0.1) is 5.92 Å². The maximum atomic E-state index is 10.1. The van der Waals surface area contributed by atoms with Crippen LogP contribution in [-0.2, 0) is 14.2 Å². The molecule has 0 radical (unpaired) electrons. The van der Waals surface area contributed by atoms with E-state index in [1.807, 2.05) is 0 Å². The van der Waals surface area contributed by atoms with Crippen molar-refractivity contribution in [3.8, 4) is 0 Å². The predicted molar refractivity (Wildman–Crippen MR) is 83.8 cm³/mol. The first-order valence-electron chi connectivity index (χ1n) is 9.73. The third-order valence-electron chi connectivity index (χ3n) is 4.23. The fraction of sp³-hybridized carbons (Fsp3) is 0.750. The fourth-order valence-electron chi connectivity index (χ4n) is 2.81. The molecule has 9 nitrogen and oxygen atoms in total. The van der Waals surface area contributed by atoms with Crippen molar-refractivity contribution in [2.75, 3.05) is 19.7 Å². The molecule has 1 saturated heterocycles. The summed E-state index contributed by atoms with van der Waals surface area (Å²) in [7, 11) is 0. The zero-order valence-electron chi connectivity index (χ0n) is 17.5. The predicted octanol–water partition coefficient (Wildman–Crippen LogP) is -2.02. The van der Waals surface area contributed by atoms with Crippen LogP contribution >= 0.6 is 0 Å². The minimum atomic E-state index is -2.88. The zero-order valence-corrected chi connectivity index (χ0v) is 13.5. The van der Waals surface area contributed by atoms with Crippen molar-refractivity contribution in [1.82, 2.24) is 0 Å². The van der Waals surface area contributed by atoms with Crippen molar-refractivity contribution in [1.29, 1.82) is 0 Å². The van der Waals surface area contributed by atoms with Gasteiger partial charge in [-0.3, -0.25) is 0 Å². The second-order valence-corrected chi connectivity index (χ2v) is 5.69. The number of rotatable bonds is 6. The monoisotopic (exact) mass is 366 g/mol. The maximum Gasteiger partial charge on any atom is 0.224 e. The van der Waals surface area contributed by atoms with Gasteiger partial charge in [-0.2, -0.15) is 0 Å². The molecule has 0 aromatic heterocycles. The highest BCUT2D eigenvalue weighted by atomic mass is 16.8. The summed E-state index contributed by atoms with van der Waals surface area (Å²) in [5.41, 5.74) is -0.229. The van der Waals surface area contributed by atoms with E-state index in [-0.39, 0.29) is 11.1 Å². The van der Waals surface area contributed by atoms with Gasteiger partial charge in [0.15, 0.2) is 6.29 Å². The van der Waals surface area contributed by atoms with Crippen molar-refractivity contribution in [3.05, 3.63) is 23.5 Å². The van der Waals surface area contributed by atoms with E-state index in [0.717, 1.165) is 6.26 Å². The summed E-state index contributed by atoms with van der Waals surface area (Å²) < 4.78 is 45.9. The van der Waals surface area contributed by atoms with Crippen molar-refractivity contribution in [3.63, 3.8) is 0 Å². The second kappa shape index (κ2) is 9.06. The molecular formula is C16H26O9. The minimum absolute atomic E-state index is 0.121. The Morgan fingerprint density at radius 1 is 1.20 bits per heavy atom. The minimum Gasteiger partial charge on any atom is -0.468 e. The van der Waals surface area contributed by atoms with E-state index in [4.69, 9.17) is 19.7 Å². The molecule has 1 fully saturated rings. The van der Waals surface area contributed by atoms with Gasteiger partial charge in [0.2, 0.25) is 6.29 Å². The van der Waals surface area contributed by atoms with Gasteiger partial charge in [-0.05, 0) is 18.9 Å². The standard InChI is InChI=1S/C16H26O9/c1-2-9-10(3-4-17)8(5-18)7-23-15(9)25-16-14(22)13(21)12(20)11(6-19)24-16/h2,7,10-22H,3-6H2,1H3/b9-2+/t10-,11-,12-,13+,14-,15+,16+/m1/s1/i4D2,5D2. The molecule has 2 aliphatic heterocycles. The molecule has 0 bridgehead atoms. The maximum absolute atomic E-state index is 10.1. The highest BCUT2D eigenvalue weighted by Gasteiger charge is 2.46. The fourth-order valence-corrected chi connectivity index (χ4v) is 2.81. The number of allylic oxidation sites excluding steroid dienone is 1. The van der Waals surface area contributed by atoms with Gasteiger partial charge in [0, 0.05) is 18.0 Å². The van der Waals surface area contributed by atoms with Gasteiger partial charge in [0.25, 0.3) is 0 Å². The zero-order chi connectivity index (χ0) is 22.1. The van der Waals surface area contributed by atoms with Crippen LogP contribution in [0.1, 0.15) is 18.8 Å². The molecule has 2 aliphatic rings. The summed E-state index contributed by atoms with van der Waals surface area (Å²) in [6.07, 6.45) is -7.53. The normalized spacial score (nSPS) is 44.2. The summed E-state index contributed by atoms with van der Waals surface area (Å²) in [5, 5.41) is 58.4. The van der Waals surface area contributed by atoms with Crippen molar-refractivity contribution < 1.29 is 50.3 Å². The van der Waals surface area contributed by atoms with E-state index in [1.165, 1.54) is 13.0 Å². The molecule has 0 amide bonds. The molecule has 0 saturated carbocycles. The number of aliphatic hydroxyl groups excluding tert-OH is 4. The Bertz CT molecular complexity index is 629. The summed E-state index contributed by atoms with van der Waals surface area (Å²) >= 11 is 0. The average Bonchev–Trinajstić information content (AvgIpc) is 2.60. The quantitative estimate of drug-likeness (QED) is 0.293. The molecule has 0 spiro atoms. The van der Waals surface area contributed by atoms with E-state index < -0.39 is 69.1 Å². The van der Waals surface area contributed by atoms with Crippen LogP contribution in [0.3, 0.4) is 0 Å². The van der Waals surface area contributed by atoms with Crippen LogP contribution in [0.2, 0.25) is 0 Å². The van der Waals surface area contributed by atoms with Gasteiger partial charge in [-0.15, -0.1) is 0 Å². The molecule has 6 N–H and O–H groups in total. The van der Waals surface area contributed by atoms with E-state index in [9.17, 15) is 30.6 Å². The largest absolute Gasteiger partial charge is 0.468 e. The van der Waals surface area contributed by atoms with Crippen LogP contribution in [0.4, 0.5) is 0 Å². The van der Waals surface area contributed by atoms with Gasteiger partial charge in [0.1, 0.15) is 24.4 Å². The molecule has 0 unspecified atom stereocenters. The molecule has 0 aromatic carbocycles. The van der Waals surface area contributed by atoms with Gasteiger partial charge in [-0.25, -0.2) is 0 Å². The molecule has 2 heterocycles. The smallest absolute Gasteiger partial charge is 0.224 e. The molecule has 2 rings (SSSR count). The molecule has 0 aliphatic carbocycles. The Morgan fingerprint density at radius 2 is 1.92 bits per heavy atom. The van der Waals surface area contributed by atoms with Crippen molar-refractivity contribution >= 4 is 0 Å². The van der Waals surface area contributed by atoms with E-state index in [2.05, 4.69) is 0 Å². The molecule has 0 aromatic rings. The van der Waals surface area contributed by atoms with Crippen molar-refractivity contribution in [2.45, 2.75) is 50.3 Å². The summed E-state index contributed by atoms with van der Waals surface area (Å²) in [6, 6.07) is 0. The van der Waals surface area contributed by atoms with E-state index >= 15 is 0 Å². The third-order valence-corrected chi connectivity index (χ3v) is 4.23. The SMILES string of the molecule is [2H]C([2H])(O)C[C@@H]1C(C([2H])([2H])O)=CO[C@@H](O[C@@H]2O[C@H](CO)[C@@H](O)[C@H](O)[C@H]2O)/C1=C/C. The first-order chi connectivity index (χ1) is 13.3. The van der Waals surface area contributed by atoms with Crippen LogP contribution in [-0.4, -0.2) is 87.4 Å². The van der Waals surface area contributed by atoms with Gasteiger partial charge in [0.05, 0.1) is 24.9 Å². The highest BCUT2D eigenvalue weighted by Crippen LogP contribution is 2.34. The van der Waals surface area contributed by atoms with Crippen LogP contribution in [0.5, 0.6) is 0 Å². The molecule has 144 valence electrons. The van der Waals surface area contributed by atoms with Gasteiger partial charge in [-0.1, -0.05) is 6.08 Å². The Balaban J connectivity index is 2.30. The number of hydrogen-bond donors (Lipinski definition) is 6. The second-order valence-electron chi connectivity index (χ2n) is 5.69. The Kier molecular flexibility index (Phi) is 5.46. The highest BCUT2D eigenvalue weighted by molar-refractivity contribution is 5.25. The Labute approximate surface area is 151 Å². The van der Waals surface area contributed by atoms with Crippen LogP contribution < -0.4 is 0 Å². The Hall–Kier alpha value is -1.04. The lowest BCUT2D eigenvalue weighted by Crippen LogP contribution is -2.60. The first-order valence-corrected chi connectivity index (χ1v) is 7.73. The molecular weight excluding hydrogens is 336 g/mol. The topological polar surface area (TPSA) is 149 Å². The molecule has 7 atom stereocenters. The average molecular weight is 366 g/mol. The van der Waals surface area contributed by atoms with Crippen molar-refractivity contribution in [2.24, 2.45) is 5.92 Å². The molecule has 9 heteroatoms. The lowest BCUT2D eigenvalue weighted by molar-refractivity contribution is -0.327. The number of aliphatic hydroxyl groups is 6. The lowest BCUT2D eigenvalue weighted by atomic mass is 9.87.